The summed E-state index contributed by atoms with van der Waals surface area (Å²) < 4.78 is 1.77. The number of nitrogens with one attached hydrogen (secondary N) is 1. The molecule has 0 aliphatic heterocycles. The van der Waals surface area contributed by atoms with Crippen LogP contribution in [0, 0.1) is 12.8 Å². The third-order valence-electron chi connectivity index (χ3n) is 4.07. The molecule has 0 saturated heterocycles. The van der Waals surface area contributed by atoms with Gasteiger partial charge in [0.15, 0.2) is 5.69 Å². The molecule has 2 aromatic rings. The highest BCUT2D eigenvalue weighted by Crippen LogP contribution is 2.34. The maximum absolute atomic E-state index is 12.4. The average molecular weight is 299 g/mol. The minimum Gasteiger partial charge on any atom is -0.396 e. The largest absolute Gasteiger partial charge is 0.396 e. The fourth-order valence-electron chi connectivity index (χ4n) is 2.72. The van der Waals surface area contributed by atoms with Gasteiger partial charge in [0.25, 0.3) is 5.91 Å². The minimum atomic E-state index is -0.164. The second-order valence-electron chi connectivity index (χ2n) is 5.85. The molecular weight excluding hydrogens is 278 g/mol. The molecule has 3 rings (SSSR count). The summed E-state index contributed by atoms with van der Waals surface area (Å²) in [6.07, 6.45) is 2.86. The molecule has 1 heterocycles. The van der Waals surface area contributed by atoms with Crippen LogP contribution in [0.5, 0.6) is 0 Å². The smallest absolute Gasteiger partial charge is 0.272 e. The van der Waals surface area contributed by atoms with Crippen LogP contribution >= 0.6 is 0 Å². The van der Waals surface area contributed by atoms with Gasteiger partial charge in [-0.25, -0.2) is 4.68 Å². The Morgan fingerprint density at radius 1 is 1.41 bits per heavy atom. The number of benzene rings is 1. The van der Waals surface area contributed by atoms with E-state index in [0.29, 0.717) is 18.0 Å². The number of carbonyl (C=O) groups is 1. The summed E-state index contributed by atoms with van der Waals surface area (Å²) in [5.74, 6) is 0.344. The highest BCUT2D eigenvalue weighted by molar-refractivity contribution is 5.92. The number of hydrogen-bond acceptors (Lipinski definition) is 3. The standard InChI is InChI=1S/C17H21N3O2/c1-12-11-16(19-20(12)14-5-3-2-4-6-14)17(22)18-15(9-10-21)13-7-8-13/h2-6,11,13,15,21H,7-10H2,1H3,(H,18,22). The zero-order valence-corrected chi connectivity index (χ0v) is 12.7. The fraction of sp³-hybridized carbons (Fsp3) is 0.412. The normalized spacial score (nSPS) is 15.5. The van der Waals surface area contributed by atoms with Gasteiger partial charge in [-0.2, -0.15) is 5.10 Å². The molecule has 1 unspecified atom stereocenters. The zero-order valence-electron chi connectivity index (χ0n) is 12.7. The highest BCUT2D eigenvalue weighted by Gasteiger charge is 2.32. The lowest BCUT2D eigenvalue weighted by Gasteiger charge is -2.16. The first-order valence-electron chi connectivity index (χ1n) is 7.73. The molecule has 1 atom stereocenters. The highest BCUT2D eigenvalue weighted by atomic mass is 16.3. The Morgan fingerprint density at radius 3 is 2.77 bits per heavy atom. The van der Waals surface area contributed by atoms with Gasteiger partial charge in [0.05, 0.1) is 5.69 Å². The third kappa shape index (κ3) is 3.20. The van der Waals surface area contributed by atoms with Crippen molar-refractivity contribution in [3.05, 3.63) is 47.8 Å². The van der Waals surface area contributed by atoms with Gasteiger partial charge in [-0.15, -0.1) is 0 Å². The Bertz CT molecular complexity index is 647. The number of aromatic nitrogens is 2. The summed E-state index contributed by atoms with van der Waals surface area (Å²) >= 11 is 0. The van der Waals surface area contributed by atoms with Crippen molar-refractivity contribution >= 4 is 5.91 Å². The molecule has 22 heavy (non-hydrogen) atoms. The lowest BCUT2D eigenvalue weighted by molar-refractivity contribution is 0.0918. The number of aliphatic hydroxyl groups is 1. The summed E-state index contributed by atoms with van der Waals surface area (Å²) in [6, 6.07) is 11.6. The predicted molar refractivity (Wildman–Crippen MR) is 84.0 cm³/mol. The number of aryl methyl sites for hydroxylation is 1. The molecule has 1 fully saturated rings. The molecule has 1 saturated carbocycles. The number of amides is 1. The van der Waals surface area contributed by atoms with Gasteiger partial charge in [0.1, 0.15) is 0 Å². The topological polar surface area (TPSA) is 67.2 Å². The van der Waals surface area contributed by atoms with Crippen LogP contribution in [0.3, 0.4) is 0 Å². The van der Waals surface area contributed by atoms with Crippen molar-refractivity contribution in [1.29, 1.82) is 0 Å². The first-order chi connectivity index (χ1) is 10.7. The van der Waals surface area contributed by atoms with E-state index in [-0.39, 0.29) is 18.6 Å². The molecule has 0 radical (unpaired) electrons. The maximum Gasteiger partial charge on any atom is 0.272 e. The quantitative estimate of drug-likeness (QED) is 0.858. The monoisotopic (exact) mass is 299 g/mol. The molecule has 2 N–H and O–H groups in total. The Balaban J connectivity index is 1.76. The van der Waals surface area contributed by atoms with E-state index >= 15 is 0 Å². The van der Waals surface area contributed by atoms with Gasteiger partial charge >= 0.3 is 0 Å². The van der Waals surface area contributed by atoms with E-state index in [9.17, 15) is 4.79 Å². The van der Waals surface area contributed by atoms with Crippen molar-refractivity contribution in [3.8, 4) is 5.69 Å². The lowest BCUT2D eigenvalue weighted by Crippen LogP contribution is -2.37. The number of nitrogens with zero attached hydrogens (tertiary/aromatic N) is 2. The van der Waals surface area contributed by atoms with E-state index in [1.54, 1.807) is 10.7 Å². The molecule has 1 aliphatic carbocycles. The van der Waals surface area contributed by atoms with Crippen LogP contribution in [-0.4, -0.2) is 33.4 Å². The second-order valence-corrected chi connectivity index (χ2v) is 5.85. The van der Waals surface area contributed by atoms with Crippen LogP contribution in [-0.2, 0) is 0 Å². The first-order valence-corrected chi connectivity index (χ1v) is 7.73. The van der Waals surface area contributed by atoms with Crippen LogP contribution in [0.15, 0.2) is 36.4 Å². The fourth-order valence-corrected chi connectivity index (χ4v) is 2.72. The zero-order chi connectivity index (χ0) is 15.5. The van der Waals surface area contributed by atoms with Crippen molar-refractivity contribution in [2.24, 2.45) is 5.92 Å². The number of para-hydroxylation sites is 1. The van der Waals surface area contributed by atoms with E-state index in [0.717, 1.165) is 24.2 Å². The van der Waals surface area contributed by atoms with Gasteiger partial charge in [-0.3, -0.25) is 4.79 Å². The number of hydrogen-bond donors (Lipinski definition) is 2. The molecule has 5 nitrogen and oxygen atoms in total. The van der Waals surface area contributed by atoms with Crippen molar-refractivity contribution in [2.75, 3.05) is 6.61 Å². The van der Waals surface area contributed by atoms with E-state index in [4.69, 9.17) is 5.11 Å². The van der Waals surface area contributed by atoms with Crippen molar-refractivity contribution in [2.45, 2.75) is 32.2 Å². The van der Waals surface area contributed by atoms with E-state index in [1.165, 1.54) is 0 Å². The number of rotatable bonds is 6. The van der Waals surface area contributed by atoms with E-state index in [2.05, 4.69) is 10.4 Å². The summed E-state index contributed by atoms with van der Waals surface area (Å²) in [4.78, 5) is 12.4. The predicted octanol–water partition coefficient (Wildman–Crippen LogP) is 2.07. The number of carbonyl (C=O) groups excluding carboxylic acids is 1. The summed E-state index contributed by atoms with van der Waals surface area (Å²) in [5.41, 5.74) is 2.28. The molecule has 1 aliphatic rings. The van der Waals surface area contributed by atoms with Gasteiger partial charge in [0, 0.05) is 18.3 Å². The molecule has 0 spiro atoms. The van der Waals surface area contributed by atoms with Crippen LogP contribution in [0.1, 0.15) is 35.4 Å². The molecule has 0 bridgehead atoms. The molecule has 1 aromatic heterocycles. The Hall–Kier alpha value is -2.14. The molecule has 1 aromatic carbocycles. The van der Waals surface area contributed by atoms with Gasteiger partial charge in [-0.05, 0) is 50.3 Å². The summed E-state index contributed by atoms with van der Waals surface area (Å²) in [7, 11) is 0. The first kappa shape index (κ1) is 14.8. The SMILES string of the molecule is Cc1cc(C(=O)NC(CCO)C2CC2)nn1-c1ccccc1. The van der Waals surface area contributed by atoms with Crippen LogP contribution in [0.25, 0.3) is 5.69 Å². The molecule has 5 heteroatoms. The summed E-state index contributed by atoms with van der Waals surface area (Å²) in [5, 5.41) is 16.6. The number of aliphatic hydroxyl groups excluding tert-OH is 1. The van der Waals surface area contributed by atoms with Crippen LogP contribution < -0.4 is 5.32 Å². The van der Waals surface area contributed by atoms with Crippen molar-refractivity contribution in [1.82, 2.24) is 15.1 Å². The van der Waals surface area contributed by atoms with E-state index < -0.39 is 0 Å². The Kier molecular flexibility index (Phi) is 4.24. The van der Waals surface area contributed by atoms with Crippen LogP contribution in [0.2, 0.25) is 0 Å². The van der Waals surface area contributed by atoms with Gasteiger partial charge in [-0.1, -0.05) is 18.2 Å². The second kappa shape index (κ2) is 6.32. The minimum absolute atomic E-state index is 0.0553. The summed E-state index contributed by atoms with van der Waals surface area (Å²) in [6.45, 7) is 2.03. The van der Waals surface area contributed by atoms with E-state index in [1.807, 2.05) is 37.3 Å². The van der Waals surface area contributed by atoms with Crippen molar-refractivity contribution < 1.29 is 9.90 Å². The Labute approximate surface area is 130 Å². The van der Waals surface area contributed by atoms with Gasteiger partial charge < -0.3 is 10.4 Å². The average Bonchev–Trinajstić information content (AvgIpc) is 3.30. The molecular formula is C17H21N3O2. The third-order valence-corrected chi connectivity index (χ3v) is 4.07. The Morgan fingerprint density at radius 2 is 2.14 bits per heavy atom. The lowest BCUT2D eigenvalue weighted by atomic mass is 10.1. The van der Waals surface area contributed by atoms with Crippen LogP contribution in [0.4, 0.5) is 0 Å². The maximum atomic E-state index is 12.4. The molecule has 1 amide bonds. The van der Waals surface area contributed by atoms with Crippen molar-refractivity contribution in [3.63, 3.8) is 0 Å². The van der Waals surface area contributed by atoms with Gasteiger partial charge in [0.2, 0.25) is 0 Å². The molecule has 116 valence electrons.